The predicted octanol–water partition coefficient (Wildman–Crippen LogP) is 4.80. The number of carbonyl (C=O) groups excluding carboxylic acids is 1. The Morgan fingerprint density at radius 3 is 2.28 bits per heavy atom. The van der Waals surface area contributed by atoms with Crippen LogP contribution < -0.4 is 10.2 Å². The summed E-state index contributed by atoms with van der Waals surface area (Å²) in [6.07, 6.45) is 2.91. The van der Waals surface area contributed by atoms with Gasteiger partial charge in [-0.25, -0.2) is 9.97 Å². The molecule has 0 aliphatic heterocycles. The standard InChI is InChI=1S/C18H14Cl2N4O/c1-24(15-5-3-2-4-6-15)18(25)16-10-22-17(11-21-16)23-14-8-12(19)7-13(20)9-14/h2-11H,1H3,(H,22,23). The zero-order valence-electron chi connectivity index (χ0n) is 13.3. The molecule has 1 aromatic heterocycles. The van der Waals surface area contributed by atoms with Crippen LogP contribution >= 0.6 is 23.2 Å². The van der Waals surface area contributed by atoms with Gasteiger partial charge in [-0.1, -0.05) is 41.4 Å². The molecule has 126 valence electrons. The molecule has 0 aliphatic carbocycles. The molecule has 0 atom stereocenters. The highest BCUT2D eigenvalue weighted by Crippen LogP contribution is 2.24. The van der Waals surface area contributed by atoms with Gasteiger partial charge in [0, 0.05) is 28.5 Å². The first-order chi connectivity index (χ1) is 12.0. The largest absolute Gasteiger partial charge is 0.339 e. The van der Waals surface area contributed by atoms with Crippen LogP contribution in [0.25, 0.3) is 0 Å². The highest BCUT2D eigenvalue weighted by molar-refractivity contribution is 6.35. The molecule has 7 heteroatoms. The first-order valence-electron chi connectivity index (χ1n) is 7.41. The number of carbonyl (C=O) groups is 1. The Hall–Kier alpha value is -2.63. The van der Waals surface area contributed by atoms with Crippen LogP contribution in [0.5, 0.6) is 0 Å². The summed E-state index contributed by atoms with van der Waals surface area (Å²) in [5.74, 6) is 0.244. The number of para-hydroxylation sites is 1. The fourth-order valence-corrected chi connectivity index (χ4v) is 2.74. The van der Waals surface area contributed by atoms with Gasteiger partial charge >= 0.3 is 0 Å². The van der Waals surface area contributed by atoms with Crippen molar-refractivity contribution >= 4 is 46.3 Å². The van der Waals surface area contributed by atoms with Gasteiger partial charge in [0.05, 0.1) is 12.4 Å². The second kappa shape index (κ2) is 7.51. The first kappa shape index (κ1) is 17.2. The third kappa shape index (κ3) is 4.26. The van der Waals surface area contributed by atoms with E-state index < -0.39 is 0 Å². The predicted molar refractivity (Wildman–Crippen MR) is 101 cm³/mol. The maximum atomic E-state index is 12.5. The minimum atomic E-state index is -0.240. The van der Waals surface area contributed by atoms with Gasteiger partial charge in [0.2, 0.25) is 0 Å². The summed E-state index contributed by atoms with van der Waals surface area (Å²) in [5, 5.41) is 4.07. The third-order valence-electron chi connectivity index (χ3n) is 3.45. The average Bonchev–Trinajstić information content (AvgIpc) is 2.61. The number of hydrogen-bond acceptors (Lipinski definition) is 4. The van der Waals surface area contributed by atoms with Crippen LogP contribution in [0.4, 0.5) is 17.2 Å². The van der Waals surface area contributed by atoms with Crippen molar-refractivity contribution in [1.82, 2.24) is 9.97 Å². The number of nitrogens with one attached hydrogen (secondary N) is 1. The molecular weight excluding hydrogens is 359 g/mol. The van der Waals surface area contributed by atoms with Gasteiger partial charge in [0.1, 0.15) is 11.5 Å². The number of amides is 1. The van der Waals surface area contributed by atoms with Crippen LogP contribution in [0.3, 0.4) is 0 Å². The Labute approximate surface area is 155 Å². The summed E-state index contributed by atoms with van der Waals surface area (Å²) in [6, 6.07) is 14.4. The molecule has 3 aromatic rings. The molecule has 1 amide bonds. The Morgan fingerprint density at radius 2 is 1.68 bits per heavy atom. The molecule has 25 heavy (non-hydrogen) atoms. The van der Waals surface area contributed by atoms with E-state index in [1.165, 1.54) is 17.3 Å². The first-order valence-corrected chi connectivity index (χ1v) is 8.17. The van der Waals surface area contributed by atoms with Crippen molar-refractivity contribution in [2.24, 2.45) is 0 Å². The molecule has 0 bridgehead atoms. The molecular formula is C18H14Cl2N4O. The quantitative estimate of drug-likeness (QED) is 0.714. The summed E-state index contributed by atoms with van der Waals surface area (Å²) in [4.78, 5) is 22.4. The summed E-state index contributed by atoms with van der Waals surface area (Å²) in [7, 11) is 1.69. The average molecular weight is 373 g/mol. The highest BCUT2D eigenvalue weighted by Gasteiger charge is 2.15. The van der Waals surface area contributed by atoms with Crippen molar-refractivity contribution in [1.29, 1.82) is 0 Å². The Bertz CT molecular complexity index is 865. The van der Waals surface area contributed by atoms with Crippen molar-refractivity contribution in [2.75, 3.05) is 17.3 Å². The van der Waals surface area contributed by atoms with Crippen LogP contribution in [-0.4, -0.2) is 22.9 Å². The fourth-order valence-electron chi connectivity index (χ4n) is 2.22. The normalized spacial score (nSPS) is 10.4. The summed E-state index contributed by atoms with van der Waals surface area (Å²) < 4.78 is 0. The van der Waals surface area contributed by atoms with Crippen LogP contribution in [0.2, 0.25) is 10.0 Å². The third-order valence-corrected chi connectivity index (χ3v) is 3.89. The lowest BCUT2D eigenvalue weighted by Gasteiger charge is -2.16. The lowest BCUT2D eigenvalue weighted by Crippen LogP contribution is -2.27. The van der Waals surface area contributed by atoms with Gasteiger partial charge in [-0.15, -0.1) is 0 Å². The zero-order valence-corrected chi connectivity index (χ0v) is 14.8. The molecule has 2 aromatic carbocycles. The monoisotopic (exact) mass is 372 g/mol. The van der Waals surface area contributed by atoms with Crippen LogP contribution in [-0.2, 0) is 0 Å². The van der Waals surface area contributed by atoms with E-state index in [1.54, 1.807) is 25.2 Å². The number of anilines is 3. The van der Waals surface area contributed by atoms with E-state index in [0.717, 1.165) is 5.69 Å². The second-order valence-corrected chi connectivity index (χ2v) is 6.14. The molecule has 1 heterocycles. The van der Waals surface area contributed by atoms with E-state index in [4.69, 9.17) is 23.2 Å². The number of benzene rings is 2. The van der Waals surface area contributed by atoms with Gasteiger partial charge in [0.25, 0.3) is 5.91 Å². The Morgan fingerprint density at radius 1 is 1.00 bits per heavy atom. The molecule has 0 saturated heterocycles. The number of halogens is 2. The summed E-state index contributed by atoms with van der Waals surface area (Å²) in [6.45, 7) is 0. The van der Waals surface area contributed by atoms with Crippen LogP contribution in [0.1, 0.15) is 10.5 Å². The molecule has 1 N–H and O–H groups in total. The lowest BCUT2D eigenvalue weighted by molar-refractivity contribution is 0.0988. The minimum absolute atomic E-state index is 0.240. The van der Waals surface area contributed by atoms with Gasteiger partial charge in [-0.2, -0.15) is 0 Å². The Kier molecular flexibility index (Phi) is 5.16. The van der Waals surface area contributed by atoms with Gasteiger partial charge in [0.15, 0.2) is 0 Å². The molecule has 0 spiro atoms. The lowest BCUT2D eigenvalue weighted by atomic mass is 10.3. The van der Waals surface area contributed by atoms with Gasteiger partial charge in [-0.05, 0) is 30.3 Å². The SMILES string of the molecule is CN(C(=O)c1cnc(Nc2cc(Cl)cc(Cl)c2)cn1)c1ccccc1. The van der Waals surface area contributed by atoms with Gasteiger partial charge < -0.3 is 10.2 Å². The van der Waals surface area contributed by atoms with E-state index in [0.29, 0.717) is 21.6 Å². The van der Waals surface area contributed by atoms with Crippen molar-refractivity contribution in [3.8, 4) is 0 Å². The highest BCUT2D eigenvalue weighted by atomic mass is 35.5. The number of aromatic nitrogens is 2. The topological polar surface area (TPSA) is 58.1 Å². The van der Waals surface area contributed by atoms with E-state index >= 15 is 0 Å². The van der Waals surface area contributed by atoms with Crippen LogP contribution in [0.15, 0.2) is 60.9 Å². The van der Waals surface area contributed by atoms with E-state index in [9.17, 15) is 4.79 Å². The fraction of sp³-hybridized carbons (Fsp3) is 0.0556. The van der Waals surface area contributed by atoms with Crippen molar-refractivity contribution in [2.45, 2.75) is 0 Å². The van der Waals surface area contributed by atoms with E-state index in [1.807, 2.05) is 30.3 Å². The smallest absolute Gasteiger partial charge is 0.278 e. The number of rotatable bonds is 4. The second-order valence-electron chi connectivity index (χ2n) is 5.27. The number of hydrogen-bond donors (Lipinski definition) is 1. The van der Waals surface area contributed by atoms with Crippen molar-refractivity contribution < 1.29 is 4.79 Å². The van der Waals surface area contributed by atoms with E-state index in [-0.39, 0.29) is 11.6 Å². The summed E-state index contributed by atoms with van der Waals surface area (Å²) in [5.41, 5.74) is 1.72. The molecule has 0 fully saturated rings. The minimum Gasteiger partial charge on any atom is -0.339 e. The molecule has 0 unspecified atom stereocenters. The van der Waals surface area contributed by atoms with Crippen molar-refractivity contribution in [3.63, 3.8) is 0 Å². The zero-order chi connectivity index (χ0) is 17.8. The molecule has 5 nitrogen and oxygen atoms in total. The van der Waals surface area contributed by atoms with Crippen molar-refractivity contribution in [3.05, 3.63) is 76.7 Å². The summed E-state index contributed by atoms with van der Waals surface area (Å²) >= 11 is 11.9. The Balaban J connectivity index is 1.74. The van der Waals surface area contributed by atoms with E-state index in [2.05, 4.69) is 15.3 Å². The molecule has 0 saturated carbocycles. The maximum Gasteiger partial charge on any atom is 0.278 e. The molecule has 0 radical (unpaired) electrons. The maximum absolute atomic E-state index is 12.5. The molecule has 0 aliphatic rings. The van der Waals surface area contributed by atoms with Gasteiger partial charge in [-0.3, -0.25) is 4.79 Å². The molecule has 3 rings (SSSR count). The van der Waals surface area contributed by atoms with Crippen LogP contribution in [0, 0.1) is 0 Å². The number of nitrogens with zero attached hydrogens (tertiary/aromatic N) is 3.